The molecule has 0 aromatic carbocycles. The highest BCUT2D eigenvalue weighted by Crippen LogP contribution is 2.14. The van der Waals surface area contributed by atoms with Crippen LogP contribution in [0, 0.1) is 0 Å². The topological polar surface area (TPSA) is 79.5 Å². The van der Waals surface area contributed by atoms with Crippen LogP contribution in [0.4, 0.5) is 0 Å². The molecule has 0 saturated carbocycles. The maximum absolute atomic E-state index is 11.5. The molecule has 6 heteroatoms. The Labute approximate surface area is 114 Å². The summed E-state index contributed by atoms with van der Waals surface area (Å²) in [5, 5.41) is 8.61. The van der Waals surface area contributed by atoms with Crippen molar-refractivity contribution < 1.29 is 14.3 Å². The zero-order valence-electron chi connectivity index (χ0n) is 12.3. The monoisotopic (exact) mass is 271 g/mol. The van der Waals surface area contributed by atoms with E-state index in [2.05, 4.69) is 16.0 Å². The molecule has 110 valence electrons. The van der Waals surface area contributed by atoms with Crippen molar-refractivity contribution in [3.63, 3.8) is 0 Å². The van der Waals surface area contributed by atoms with Crippen LogP contribution >= 0.6 is 0 Å². The van der Waals surface area contributed by atoms with E-state index in [1.165, 1.54) is 0 Å². The Bertz CT molecular complexity index is 333. The van der Waals surface area contributed by atoms with E-state index >= 15 is 0 Å². The van der Waals surface area contributed by atoms with Crippen molar-refractivity contribution in [2.75, 3.05) is 26.2 Å². The fourth-order valence-electron chi connectivity index (χ4n) is 1.67. The van der Waals surface area contributed by atoms with Crippen LogP contribution in [0.15, 0.2) is 0 Å². The summed E-state index contributed by atoms with van der Waals surface area (Å²) in [4.78, 5) is 23.0. The Kier molecular flexibility index (Phi) is 5.31. The second-order valence-electron chi connectivity index (χ2n) is 6.24. The summed E-state index contributed by atoms with van der Waals surface area (Å²) in [6.45, 7) is 9.65. The van der Waals surface area contributed by atoms with E-state index in [0.29, 0.717) is 6.54 Å². The Balaban J connectivity index is 2.08. The minimum atomic E-state index is -0.240. The zero-order valence-corrected chi connectivity index (χ0v) is 12.3. The van der Waals surface area contributed by atoms with Gasteiger partial charge in [-0.1, -0.05) is 0 Å². The number of hydrogen-bond donors (Lipinski definition) is 3. The Hall–Kier alpha value is -1.14. The molecule has 0 radical (unpaired) electrons. The van der Waals surface area contributed by atoms with Crippen molar-refractivity contribution in [2.24, 2.45) is 0 Å². The second-order valence-corrected chi connectivity index (χ2v) is 6.24. The quantitative estimate of drug-likeness (QED) is 0.624. The van der Waals surface area contributed by atoms with Gasteiger partial charge in [0.2, 0.25) is 11.8 Å². The van der Waals surface area contributed by atoms with Gasteiger partial charge in [0.1, 0.15) is 6.61 Å². The third kappa shape index (κ3) is 6.54. The molecule has 0 aromatic heterocycles. The number of ether oxygens (including phenoxy) is 1. The highest BCUT2D eigenvalue weighted by molar-refractivity contribution is 5.79. The van der Waals surface area contributed by atoms with E-state index in [1.54, 1.807) is 0 Å². The van der Waals surface area contributed by atoms with E-state index in [9.17, 15) is 9.59 Å². The summed E-state index contributed by atoms with van der Waals surface area (Å²) in [5.41, 5.74) is -0.461. The first-order valence-electron chi connectivity index (χ1n) is 6.63. The molecule has 1 aliphatic heterocycles. The molecule has 19 heavy (non-hydrogen) atoms. The first-order valence-corrected chi connectivity index (χ1v) is 6.63. The van der Waals surface area contributed by atoms with Crippen LogP contribution in [0.3, 0.4) is 0 Å². The van der Waals surface area contributed by atoms with Gasteiger partial charge in [-0.15, -0.1) is 0 Å². The minimum absolute atomic E-state index is 0.0407. The van der Waals surface area contributed by atoms with Crippen molar-refractivity contribution in [3.05, 3.63) is 0 Å². The molecular formula is C13H25N3O3. The number of carbonyl (C=O) groups is 2. The molecule has 0 spiro atoms. The second kappa shape index (κ2) is 6.34. The van der Waals surface area contributed by atoms with Gasteiger partial charge in [0, 0.05) is 31.6 Å². The van der Waals surface area contributed by atoms with Crippen molar-refractivity contribution in [1.82, 2.24) is 16.0 Å². The summed E-state index contributed by atoms with van der Waals surface area (Å²) in [5.74, 6) is -0.249. The van der Waals surface area contributed by atoms with Crippen molar-refractivity contribution in [3.8, 4) is 0 Å². The Morgan fingerprint density at radius 2 is 1.89 bits per heavy atom. The van der Waals surface area contributed by atoms with Gasteiger partial charge in [-0.25, -0.2) is 0 Å². The highest BCUT2D eigenvalue weighted by Gasteiger charge is 2.32. The van der Waals surface area contributed by atoms with Crippen molar-refractivity contribution >= 4 is 11.8 Å². The molecule has 1 rings (SSSR count). The fraction of sp³-hybridized carbons (Fsp3) is 0.846. The first kappa shape index (κ1) is 15.9. The van der Waals surface area contributed by atoms with Gasteiger partial charge in [-0.3, -0.25) is 9.59 Å². The average Bonchev–Trinajstić information content (AvgIpc) is 2.21. The van der Waals surface area contributed by atoms with E-state index in [-0.39, 0.29) is 36.0 Å². The van der Waals surface area contributed by atoms with Crippen LogP contribution in [0.25, 0.3) is 0 Å². The molecular weight excluding hydrogens is 246 g/mol. The molecule has 0 aliphatic carbocycles. The standard InChI is InChI=1S/C13H25N3O3/c1-12(2,3)16-10(17)5-6-15-11(18)7-19-13(4)8-14-9-13/h14H,5-9H2,1-4H3,(H,15,18)(H,16,17). The normalized spacial score (nSPS) is 17.5. The van der Waals surface area contributed by atoms with E-state index in [0.717, 1.165) is 13.1 Å². The van der Waals surface area contributed by atoms with E-state index in [1.807, 2.05) is 27.7 Å². The first-order chi connectivity index (χ1) is 8.70. The summed E-state index contributed by atoms with van der Waals surface area (Å²) in [6, 6.07) is 0. The average molecular weight is 271 g/mol. The van der Waals surface area contributed by atoms with E-state index in [4.69, 9.17) is 4.74 Å². The molecule has 1 saturated heterocycles. The summed E-state index contributed by atoms with van der Waals surface area (Å²) < 4.78 is 5.49. The molecule has 2 amide bonds. The summed E-state index contributed by atoms with van der Waals surface area (Å²) in [7, 11) is 0. The van der Waals surface area contributed by atoms with Crippen LogP contribution in [0.1, 0.15) is 34.1 Å². The van der Waals surface area contributed by atoms with Crippen LogP contribution in [0.2, 0.25) is 0 Å². The fourth-order valence-corrected chi connectivity index (χ4v) is 1.67. The predicted octanol–water partition coefficient (Wildman–Crippen LogP) is -0.214. The summed E-state index contributed by atoms with van der Waals surface area (Å²) in [6.07, 6.45) is 0.280. The maximum atomic E-state index is 11.5. The lowest BCUT2D eigenvalue weighted by Gasteiger charge is -2.38. The number of rotatable bonds is 6. The van der Waals surface area contributed by atoms with E-state index < -0.39 is 0 Å². The van der Waals surface area contributed by atoms with Crippen LogP contribution < -0.4 is 16.0 Å². The number of nitrogens with one attached hydrogen (secondary N) is 3. The van der Waals surface area contributed by atoms with Gasteiger partial charge < -0.3 is 20.7 Å². The van der Waals surface area contributed by atoms with Gasteiger partial charge in [-0.2, -0.15) is 0 Å². The Morgan fingerprint density at radius 3 is 2.37 bits per heavy atom. The Morgan fingerprint density at radius 1 is 1.26 bits per heavy atom. The molecule has 1 heterocycles. The molecule has 0 bridgehead atoms. The van der Waals surface area contributed by atoms with Gasteiger partial charge in [0.25, 0.3) is 0 Å². The number of hydrogen-bond acceptors (Lipinski definition) is 4. The lowest BCUT2D eigenvalue weighted by atomic mass is 10.0. The highest BCUT2D eigenvalue weighted by atomic mass is 16.5. The van der Waals surface area contributed by atoms with Gasteiger partial charge in [0.05, 0.1) is 5.60 Å². The lowest BCUT2D eigenvalue weighted by molar-refractivity contribution is -0.135. The molecule has 3 N–H and O–H groups in total. The zero-order chi connectivity index (χ0) is 14.5. The SMILES string of the molecule is CC(C)(C)NC(=O)CCNC(=O)COC1(C)CNC1. The molecule has 1 aliphatic rings. The maximum Gasteiger partial charge on any atom is 0.246 e. The van der Waals surface area contributed by atoms with Gasteiger partial charge in [-0.05, 0) is 27.7 Å². The van der Waals surface area contributed by atoms with Crippen molar-refractivity contribution in [1.29, 1.82) is 0 Å². The molecule has 1 fully saturated rings. The number of carbonyl (C=O) groups excluding carboxylic acids is 2. The van der Waals surface area contributed by atoms with Crippen LogP contribution in [0.5, 0.6) is 0 Å². The van der Waals surface area contributed by atoms with Crippen molar-refractivity contribution in [2.45, 2.75) is 45.3 Å². The van der Waals surface area contributed by atoms with Gasteiger partial charge >= 0.3 is 0 Å². The molecule has 0 atom stereocenters. The lowest BCUT2D eigenvalue weighted by Crippen LogP contribution is -2.59. The van der Waals surface area contributed by atoms with Crippen LogP contribution in [-0.4, -0.2) is 49.2 Å². The third-order valence-corrected chi connectivity index (χ3v) is 2.74. The molecule has 0 unspecified atom stereocenters. The minimum Gasteiger partial charge on any atom is -0.363 e. The molecule has 6 nitrogen and oxygen atoms in total. The largest absolute Gasteiger partial charge is 0.363 e. The smallest absolute Gasteiger partial charge is 0.246 e. The third-order valence-electron chi connectivity index (χ3n) is 2.74. The summed E-state index contributed by atoms with van der Waals surface area (Å²) >= 11 is 0. The molecule has 0 aromatic rings. The number of amides is 2. The van der Waals surface area contributed by atoms with Gasteiger partial charge in [0.15, 0.2) is 0 Å². The predicted molar refractivity (Wildman–Crippen MR) is 72.7 cm³/mol. The van der Waals surface area contributed by atoms with Crippen LogP contribution in [-0.2, 0) is 14.3 Å².